The smallest absolute Gasteiger partial charge is 0.159 e. The minimum atomic E-state index is -0.955. The van der Waals surface area contributed by atoms with E-state index in [4.69, 9.17) is 4.74 Å². The lowest BCUT2D eigenvalue weighted by Crippen LogP contribution is -2.24. The lowest BCUT2D eigenvalue weighted by atomic mass is 10.1. The second-order valence-corrected chi connectivity index (χ2v) is 5.20. The van der Waals surface area contributed by atoms with E-state index < -0.39 is 17.7 Å². The molecule has 22 heavy (non-hydrogen) atoms. The normalized spacial score (nSPS) is 12.5. The SMILES string of the molecule is COc1ccccc1CN(C)CC(O)c1ccc(F)c(F)c1. The zero-order chi connectivity index (χ0) is 16.1. The van der Waals surface area contributed by atoms with Gasteiger partial charge in [-0.25, -0.2) is 8.78 Å². The third-order valence-electron chi connectivity index (χ3n) is 3.45. The Morgan fingerprint density at radius 2 is 1.86 bits per heavy atom. The lowest BCUT2D eigenvalue weighted by molar-refractivity contribution is 0.123. The number of ether oxygens (including phenoxy) is 1. The van der Waals surface area contributed by atoms with Crippen LogP contribution >= 0.6 is 0 Å². The molecule has 0 aliphatic carbocycles. The summed E-state index contributed by atoms with van der Waals surface area (Å²) >= 11 is 0. The zero-order valence-electron chi connectivity index (χ0n) is 12.6. The topological polar surface area (TPSA) is 32.7 Å². The van der Waals surface area contributed by atoms with E-state index in [1.54, 1.807) is 7.11 Å². The molecule has 1 atom stereocenters. The molecule has 3 nitrogen and oxygen atoms in total. The van der Waals surface area contributed by atoms with Crippen LogP contribution in [0.15, 0.2) is 42.5 Å². The van der Waals surface area contributed by atoms with Gasteiger partial charge in [0.05, 0.1) is 13.2 Å². The van der Waals surface area contributed by atoms with Gasteiger partial charge < -0.3 is 9.84 Å². The van der Waals surface area contributed by atoms with Crippen molar-refractivity contribution < 1.29 is 18.6 Å². The molecule has 0 heterocycles. The summed E-state index contributed by atoms with van der Waals surface area (Å²) in [5.41, 5.74) is 1.34. The molecular formula is C17H19F2NO2. The molecule has 0 bridgehead atoms. The number of para-hydroxylation sites is 1. The first-order valence-electron chi connectivity index (χ1n) is 6.94. The maximum atomic E-state index is 13.2. The summed E-state index contributed by atoms with van der Waals surface area (Å²) in [6, 6.07) is 11.1. The molecule has 0 fully saturated rings. The molecule has 0 spiro atoms. The molecule has 5 heteroatoms. The number of aliphatic hydroxyl groups is 1. The Bertz CT molecular complexity index is 634. The fraction of sp³-hybridized carbons (Fsp3) is 0.294. The first kappa shape index (κ1) is 16.4. The Balaban J connectivity index is 2.01. The zero-order valence-corrected chi connectivity index (χ0v) is 12.6. The molecule has 0 saturated carbocycles. The van der Waals surface area contributed by atoms with Crippen LogP contribution in [0.3, 0.4) is 0 Å². The van der Waals surface area contributed by atoms with E-state index in [1.807, 2.05) is 36.2 Å². The molecular weight excluding hydrogens is 288 g/mol. The first-order valence-corrected chi connectivity index (χ1v) is 6.94. The molecule has 0 aliphatic heterocycles. The van der Waals surface area contributed by atoms with Crippen LogP contribution in [0.4, 0.5) is 8.78 Å². The number of benzene rings is 2. The van der Waals surface area contributed by atoms with Gasteiger partial charge in [-0.05, 0) is 30.8 Å². The monoisotopic (exact) mass is 307 g/mol. The Morgan fingerprint density at radius 1 is 1.14 bits per heavy atom. The second kappa shape index (κ2) is 7.33. The standard InChI is InChI=1S/C17H19F2NO2/c1-20(10-13-5-3-4-6-17(13)22-2)11-16(21)12-7-8-14(18)15(19)9-12/h3-9,16,21H,10-11H2,1-2H3. The van der Waals surface area contributed by atoms with Crippen molar-refractivity contribution in [2.75, 3.05) is 20.7 Å². The van der Waals surface area contributed by atoms with Crippen LogP contribution in [0.25, 0.3) is 0 Å². The van der Waals surface area contributed by atoms with Crippen LogP contribution in [-0.4, -0.2) is 30.7 Å². The number of nitrogens with zero attached hydrogens (tertiary/aromatic N) is 1. The van der Waals surface area contributed by atoms with Gasteiger partial charge >= 0.3 is 0 Å². The number of hydrogen-bond donors (Lipinski definition) is 1. The van der Waals surface area contributed by atoms with Crippen LogP contribution in [0.5, 0.6) is 5.75 Å². The second-order valence-electron chi connectivity index (χ2n) is 5.20. The van der Waals surface area contributed by atoms with E-state index in [2.05, 4.69) is 0 Å². The molecule has 2 aromatic carbocycles. The van der Waals surface area contributed by atoms with Gasteiger partial charge in [-0.1, -0.05) is 24.3 Å². The maximum Gasteiger partial charge on any atom is 0.159 e. The summed E-state index contributed by atoms with van der Waals surface area (Å²) in [7, 11) is 3.45. The molecule has 1 unspecified atom stereocenters. The highest BCUT2D eigenvalue weighted by Gasteiger charge is 2.14. The van der Waals surface area contributed by atoms with Crippen molar-refractivity contribution in [3.05, 3.63) is 65.2 Å². The third-order valence-corrected chi connectivity index (χ3v) is 3.45. The summed E-state index contributed by atoms with van der Waals surface area (Å²) in [6.45, 7) is 0.869. The fourth-order valence-electron chi connectivity index (χ4n) is 2.31. The van der Waals surface area contributed by atoms with Crippen molar-refractivity contribution in [3.63, 3.8) is 0 Å². The van der Waals surface area contributed by atoms with E-state index in [1.165, 1.54) is 6.07 Å². The molecule has 2 aromatic rings. The molecule has 0 amide bonds. The largest absolute Gasteiger partial charge is 0.496 e. The number of methoxy groups -OCH3 is 1. The number of hydrogen-bond acceptors (Lipinski definition) is 3. The molecule has 2 rings (SSSR count). The minimum absolute atomic E-state index is 0.295. The van der Waals surface area contributed by atoms with E-state index in [9.17, 15) is 13.9 Å². The highest BCUT2D eigenvalue weighted by atomic mass is 19.2. The molecule has 118 valence electrons. The Kier molecular flexibility index (Phi) is 5.46. The molecule has 0 aromatic heterocycles. The first-order chi connectivity index (χ1) is 10.5. The summed E-state index contributed by atoms with van der Waals surface area (Å²) in [4.78, 5) is 1.89. The fourth-order valence-corrected chi connectivity index (χ4v) is 2.31. The van der Waals surface area contributed by atoms with E-state index in [-0.39, 0.29) is 0 Å². The Labute approximate surface area is 128 Å². The van der Waals surface area contributed by atoms with Crippen molar-refractivity contribution in [3.8, 4) is 5.75 Å². The molecule has 1 N–H and O–H groups in total. The summed E-state index contributed by atoms with van der Waals surface area (Å²) in [5.74, 6) is -1.10. The van der Waals surface area contributed by atoms with Crippen LogP contribution in [-0.2, 0) is 6.54 Å². The number of likely N-dealkylation sites (N-methyl/N-ethyl adjacent to an activating group) is 1. The number of halogens is 2. The van der Waals surface area contributed by atoms with Crippen LogP contribution in [0.2, 0.25) is 0 Å². The highest BCUT2D eigenvalue weighted by molar-refractivity contribution is 5.33. The Morgan fingerprint density at radius 3 is 2.55 bits per heavy atom. The summed E-state index contributed by atoms with van der Waals surface area (Å²) in [5, 5.41) is 10.1. The van der Waals surface area contributed by atoms with Crippen molar-refractivity contribution in [1.82, 2.24) is 4.90 Å². The predicted molar refractivity (Wildman–Crippen MR) is 80.6 cm³/mol. The average molecular weight is 307 g/mol. The predicted octanol–water partition coefficient (Wildman–Crippen LogP) is 3.14. The third kappa shape index (κ3) is 4.02. The molecule has 0 radical (unpaired) electrons. The van der Waals surface area contributed by atoms with Gasteiger partial charge in [0.15, 0.2) is 11.6 Å². The van der Waals surface area contributed by atoms with Gasteiger partial charge in [0.1, 0.15) is 5.75 Å². The lowest BCUT2D eigenvalue weighted by Gasteiger charge is -2.22. The Hall–Kier alpha value is -1.98. The van der Waals surface area contributed by atoms with Gasteiger partial charge in [0.2, 0.25) is 0 Å². The van der Waals surface area contributed by atoms with Gasteiger partial charge in [0.25, 0.3) is 0 Å². The van der Waals surface area contributed by atoms with E-state index in [0.29, 0.717) is 18.7 Å². The van der Waals surface area contributed by atoms with Gasteiger partial charge in [-0.2, -0.15) is 0 Å². The van der Waals surface area contributed by atoms with Crippen molar-refractivity contribution in [1.29, 1.82) is 0 Å². The summed E-state index contributed by atoms with van der Waals surface area (Å²) in [6.07, 6.45) is -0.894. The van der Waals surface area contributed by atoms with Crippen molar-refractivity contribution >= 4 is 0 Å². The number of aliphatic hydroxyl groups excluding tert-OH is 1. The molecule has 0 saturated heterocycles. The minimum Gasteiger partial charge on any atom is -0.496 e. The maximum absolute atomic E-state index is 13.2. The highest BCUT2D eigenvalue weighted by Crippen LogP contribution is 2.21. The van der Waals surface area contributed by atoms with E-state index >= 15 is 0 Å². The quantitative estimate of drug-likeness (QED) is 0.890. The van der Waals surface area contributed by atoms with Crippen molar-refractivity contribution in [2.24, 2.45) is 0 Å². The average Bonchev–Trinajstić information content (AvgIpc) is 2.50. The van der Waals surface area contributed by atoms with Crippen molar-refractivity contribution in [2.45, 2.75) is 12.6 Å². The van der Waals surface area contributed by atoms with Crippen LogP contribution in [0.1, 0.15) is 17.2 Å². The van der Waals surface area contributed by atoms with E-state index in [0.717, 1.165) is 23.4 Å². The molecule has 0 aliphatic rings. The number of rotatable bonds is 6. The van der Waals surface area contributed by atoms with Gasteiger partial charge in [0, 0.05) is 18.7 Å². The van der Waals surface area contributed by atoms with Crippen LogP contribution in [0, 0.1) is 11.6 Å². The summed E-state index contributed by atoms with van der Waals surface area (Å²) < 4.78 is 31.4. The van der Waals surface area contributed by atoms with Crippen LogP contribution < -0.4 is 4.74 Å². The van der Waals surface area contributed by atoms with Gasteiger partial charge in [-0.3, -0.25) is 4.90 Å². The van der Waals surface area contributed by atoms with Gasteiger partial charge in [-0.15, -0.1) is 0 Å².